The van der Waals surface area contributed by atoms with Crippen molar-refractivity contribution in [2.24, 2.45) is 0 Å². The summed E-state index contributed by atoms with van der Waals surface area (Å²) in [5, 5.41) is 0. The molecule has 1 N–H and O–H groups in total. The fraction of sp³-hybridized carbons (Fsp3) is 0.433. The zero-order valence-electron chi connectivity index (χ0n) is 22.3. The molecule has 1 aromatic heterocycles. The summed E-state index contributed by atoms with van der Waals surface area (Å²) < 4.78 is 0. The SMILES string of the molecule is CC[C@@H](C(=O)N1CCN(c2nc(CN3CCN(Cc4ccccc4)CC3)cc(=O)[nH]2)CC1)c1ccccc1. The topological polar surface area (TPSA) is 75.8 Å². The third-order valence-electron chi connectivity index (χ3n) is 7.68. The van der Waals surface area contributed by atoms with Gasteiger partial charge in [0, 0.05) is 71.5 Å². The third kappa shape index (κ3) is 6.49. The minimum atomic E-state index is -0.124. The Hall–Kier alpha value is -3.49. The van der Waals surface area contributed by atoms with Crippen LogP contribution in [0.15, 0.2) is 71.5 Å². The molecule has 200 valence electrons. The number of anilines is 1. The molecule has 2 aliphatic rings. The largest absolute Gasteiger partial charge is 0.339 e. The highest BCUT2D eigenvalue weighted by Gasteiger charge is 2.28. The van der Waals surface area contributed by atoms with Crippen molar-refractivity contribution in [2.75, 3.05) is 57.3 Å². The molecule has 0 saturated carbocycles. The van der Waals surface area contributed by atoms with Crippen LogP contribution in [0.25, 0.3) is 0 Å². The molecule has 3 aromatic rings. The predicted molar refractivity (Wildman–Crippen MR) is 150 cm³/mol. The summed E-state index contributed by atoms with van der Waals surface area (Å²) in [5.41, 5.74) is 3.09. The Bertz CT molecular complexity index is 1230. The molecule has 2 aromatic carbocycles. The zero-order chi connectivity index (χ0) is 26.3. The van der Waals surface area contributed by atoms with E-state index >= 15 is 0 Å². The van der Waals surface area contributed by atoms with Crippen LogP contribution >= 0.6 is 0 Å². The van der Waals surface area contributed by atoms with E-state index in [0.29, 0.717) is 38.7 Å². The molecule has 2 saturated heterocycles. The average molecular weight is 515 g/mol. The van der Waals surface area contributed by atoms with Gasteiger partial charge < -0.3 is 9.80 Å². The van der Waals surface area contributed by atoms with E-state index in [0.717, 1.165) is 50.4 Å². The minimum absolute atomic E-state index is 0.114. The quantitative estimate of drug-likeness (QED) is 0.498. The van der Waals surface area contributed by atoms with Gasteiger partial charge in [-0.3, -0.25) is 24.4 Å². The van der Waals surface area contributed by atoms with Crippen molar-refractivity contribution in [1.29, 1.82) is 0 Å². The normalized spacial score (nSPS) is 17.9. The summed E-state index contributed by atoms with van der Waals surface area (Å²) in [6.45, 7) is 10.2. The van der Waals surface area contributed by atoms with Gasteiger partial charge in [0.15, 0.2) is 0 Å². The van der Waals surface area contributed by atoms with Crippen molar-refractivity contribution >= 4 is 11.9 Å². The summed E-state index contributed by atoms with van der Waals surface area (Å²) in [7, 11) is 0. The van der Waals surface area contributed by atoms with Crippen molar-refractivity contribution in [1.82, 2.24) is 24.7 Å². The molecule has 8 heteroatoms. The van der Waals surface area contributed by atoms with Crippen molar-refractivity contribution < 1.29 is 4.79 Å². The monoisotopic (exact) mass is 514 g/mol. The molecular weight excluding hydrogens is 476 g/mol. The fourth-order valence-corrected chi connectivity index (χ4v) is 5.50. The minimum Gasteiger partial charge on any atom is -0.339 e. The van der Waals surface area contributed by atoms with Crippen molar-refractivity contribution in [3.63, 3.8) is 0 Å². The Morgan fingerprint density at radius 1 is 0.842 bits per heavy atom. The molecule has 8 nitrogen and oxygen atoms in total. The van der Waals surface area contributed by atoms with Crippen LogP contribution in [-0.2, 0) is 17.9 Å². The second-order valence-electron chi connectivity index (χ2n) is 10.3. The third-order valence-corrected chi connectivity index (χ3v) is 7.68. The summed E-state index contributed by atoms with van der Waals surface area (Å²) in [6.07, 6.45) is 0.778. The zero-order valence-corrected chi connectivity index (χ0v) is 22.3. The van der Waals surface area contributed by atoms with Gasteiger partial charge in [-0.2, -0.15) is 0 Å². The Morgan fingerprint density at radius 2 is 1.45 bits per heavy atom. The van der Waals surface area contributed by atoms with Crippen LogP contribution < -0.4 is 10.5 Å². The van der Waals surface area contributed by atoms with Gasteiger partial charge in [0.25, 0.3) is 5.56 Å². The molecule has 2 fully saturated rings. The molecule has 1 atom stereocenters. The number of H-pyrrole nitrogens is 1. The van der Waals surface area contributed by atoms with Gasteiger partial charge in [-0.15, -0.1) is 0 Å². The first-order valence-electron chi connectivity index (χ1n) is 13.8. The van der Waals surface area contributed by atoms with Crippen LogP contribution in [0.1, 0.15) is 36.1 Å². The highest BCUT2D eigenvalue weighted by molar-refractivity contribution is 5.84. The highest BCUT2D eigenvalue weighted by atomic mass is 16.2. The first-order chi connectivity index (χ1) is 18.6. The summed E-state index contributed by atoms with van der Waals surface area (Å²) >= 11 is 0. The molecule has 38 heavy (non-hydrogen) atoms. The van der Waals surface area contributed by atoms with Gasteiger partial charge in [-0.05, 0) is 17.5 Å². The number of carbonyl (C=O) groups is 1. The Balaban J connectivity index is 1.15. The van der Waals surface area contributed by atoms with E-state index in [1.807, 2.05) is 35.2 Å². The first-order valence-corrected chi connectivity index (χ1v) is 13.8. The first kappa shape index (κ1) is 26.1. The molecule has 5 rings (SSSR count). The Labute approximate surface area is 224 Å². The van der Waals surface area contributed by atoms with Crippen molar-refractivity contribution in [3.05, 3.63) is 93.9 Å². The highest BCUT2D eigenvalue weighted by Crippen LogP contribution is 2.23. The van der Waals surface area contributed by atoms with Gasteiger partial charge in [0.2, 0.25) is 11.9 Å². The maximum absolute atomic E-state index is 13.3. The lowest BCUT2D eigenvalue weighted by Crippen LogP contribution is -2.50. The number of benzene rings is 2. The van der Waals surface area contributed by atoms with E-state index in [2.05, 4.69) is 56.9 Å². The van der Waals surface area contributed by atoms with Crippen molar-refractivity contribution in [3.8, 4) is 0 Å². The van der Waals surface area contributed by atoms with Crippen LogP contribution in [0.5, 0.6) is 0 Å². The van der Waals surface area contributed by atoms with E-state index < -0.39 is 0 Å². The smallest absolute Gasteiger partial charge is 0.252 e. The fourth-order valence-electron chi connectivity index (χ4n) is 5.50. The molecule has 0 unspecified atom stereocenters. The van der Waals surface area contributed by atoms with Gasteiger partial charge >= 0.3 is 0 Å². The molecule has 0 radical (unpaired) electrons. The standard InChI is InChI=1S/C30H38N6O2/c1-2-27(25-11-7-4-8-12-25)29(38)35-17-19-36(20-18-35)30-31-26(21-28(37)32-30)23-34-15-13-33(14-16-34)22-24-9-5-3-6-10-24/h3-12,21,27H,2,13-20,22-23H2,1H3,(H,31,32,37)/t27-/m1/s1. The number of rotatable bonds is 8. The number of nitrogens with one attached hydrogen (secondary N) is 1. The van der Waals surface area contributed by atoms with Crippen LogP contribution in [-0.4, -0.2) is 82.9 Å². The molecule has 3 heterocycles. The van der Waals surface area contributed by atoms with Gasteiger partial charge in [0.05, 0.1) is 11.6 Å². The maximum Gasteiger partial charge on any atom is 0.252 e. The Kier molecular flexibility index (Phi) is 8.51. The summed E-state index contributed by atoms with van der Waals surface area (Å²) in [6, 6.07) is 22.2. The molecule has 0 bridgehead atoms. The predicted octanol–water partition coefficient (Wildman–Crippen LogP) is 2.93. The lowest BCUT2D eigenvalue weighted by atomic mass is 9.95. The molecule has 0 aliphatic carbocycles. The second kappa shape index (κ2) is 12.4. The lowest BCUT2D eigenvalue weighted by Gasteiger charge is -2.37. The summed E-state index contributed by atoms with van der Waals surface area (Å²) in [5.74, 6) is 0.676. The van der Waals surface area contributed by atoms with E-state index in [1.165, 1.54) is 5.56 Å². The Morgan fingerprint density at radius 3 is 2.08 bits per heavy atom. The number of nitrogens with zero attached hydrogens (tertiary/aromatic N) is 5. The maximum atomic E-state index is 13.3. The number of aromatic nitrogens is 2. The van der Waals surface area contributed by atoms with Crippen LogP contribution in [0, 0.1) is 0 Å². The van der Waals surface area contributed by atoms with E-state index in [4.69, 9.17) is 4.98 Å². The van der Waals surface area contributed by atoms with E-state index in [1.54, 1.807) is 6.07 Å². The van der Waals surface area contributed by atoms with Gasteiger partial charge in [-0.1, -0.05) is 67.6 Å². The van der Waals surface area contributed by atoms with Gasteiger partial charge in [-0.25, -0.2) is 4.98 Å². The molecule has 1 amide bonds. The number of piperazine rings is 2. The number of hydrogen-bond acceptors (Lipinski definition) is 6. The van der Waals surface area contributed by atoms with Crippen LogP contribution in [0.2, 0.25) is 0 Å². The van der Waals surface area contributed by atoms with Crippen LogP contribution in [0.4, 0.5) is 5.95 Å². The van der Waals surface area contributed by atoms with Gasteiger partial charge in [0.1, 0.15) is 0 Å². The number of aromatic amines is 1. The van der Waals surface area contributed by atoms with Crippen LogP contribution in [0.3, 0.4) is 0 Å². The second-order valence-corrected chi connectivity index (χ2v) is 10.3. The number of carbonyl (C=O) groups excluding carboxylic acids is 1. The molecule has 0 spiro atoms. The molecule has 2 aliphatic heterocycles. The lowest BCUT2D eigenvalue weighted by molar-refractivity contribution is -0.133. The van der Waals surface area contributed by atoms with Crippen molar-refractivity contribution in [2.45, 2.75) is 32.4 Å². The average Bonchev–Trinajstić information content (AvgIpc) is 2.95. The number of hydrogen-bond donors (Lipinski definition) is 1. The van der Waals surface area contributed by atoms with E-state index in [-0.39, 0.29) is 17.4 Å². The molecular formula is C30H38N6O2. The van der Waals surface area contributed by atoms with E-state index in [9.17, 15) is 9.59 Å². The number of amides is 1. The summed E-state index contributed by atoms with van der Waals surface area (Å²) in [4.78, 5) is 42.4.